The number of ether oxygens (including phenoxy) is 3. The maximum Gasteiger partial charge on any atom is 0.199 e. The number of fused-ring (bicyclic) bond motifs is 3. The molecule has 1 heterocycles. The minimum atomic E-state index is -1.24. The second kappa shape index (κ2) is 8.95. The second-order valence-corrected chi connectivity index (χ2v) is 10.1. The number of allylic oxidation sites excluding steroid dienone is 6. The molecule has 5 unspecified atom stereocenters. The van der Waals surface area contributed by atoms with Crippen LogP contribution in [0.3, 0.4) is 0 Å². The van der Waals surface area contributed by atoms with Crippen LogP contribution in [0.25, 0.3) is 0 Å². The van der Waals surface area contributed by atoms with Gasteiger partial charge in [0.25, 0.3) is 0 Å². The highest BCUT2D eigenvalue weighted by Crippen LogP contribution is 2.49. The van der Waals surface area contributed by atoms with Crippen molar-refractivity contribution in [3.8, 4) is 11.5 Å². The van der Waals surface area contributed by atoms with Crippen molar-refractivity contribution in [3.05, 3.63) is 69.5 Å². The Balaban J connectivity index is 1.54. The third-order valence-electron chi connectivity index (χ3n) is 7.82. The van der Waals surface area contributed by atoms with Gasteiger partial charge >= 0.3 is 0 Å². The molecule has 0 spiro atoms. The number of hydrogen-bond donors (Lipinski definition) is 3. The van der Waals surface area contributed by atoms with E-state index >= 15 is 0 Å². The molecule has 3 aliphatic carbocycles. The highest BCUT2D eigenvalue weighted by molar-refractivity contribution is 6.34. The maximum absolute atomic E-state index is 13.4. The Labute approximate surface area is 214 Å². The summed E-state index contributed by atoms with van der Waals surface area (Å²) in [4.78, 5) is 28.7. The first-order valence-corrected chi connectivity index (χ1v) is 12.3. The zero-order chi connectivity index (χ0) is 26.8. The Bertz CT molecular complexity index is 1320. The van der Waals surface area contributed by atoms with E-state index < -0.39 is 23.5 Å². The summed E-state index contributed by atoms with van der Waals surface area (Å²) >= 11 is 0. The Hall–Kier alpha value is -3.24. The molecule has 0 bridgehead atoms. The summed E-state index contributed by atoms with van der Waals surface area (Å²) in [6.45, 7) is 3.78. The summed E-state index contributed by atoms with van der Waals surface area (Å²) in [5.74, 6) is -2.10. The summed E-state index contributed by atoms with van der Waals surface area (Å²) < 4.78 is 18.2. The van der Waals surface area contributed by atoms with Gasteiger partial charge in [-0.25, -0.2) is 0 Å². The maximum atomic E-state index is 13.4. The number of carbonyl (C=O) groups excluding carboxylic acids is 2. The quantitative estimate of drug-likeness (QED) is 0.513. The molecular formula is C28H31NO8. The number of rotatable bonds is 5. The molecule has 5 rings (SSSR count). The van der Waals surface area contributed by atoms with Gasteiger partial charge in [-0.05, 0) is 57.3 Å². The van der Waals surface area contributed by atoms with Crippen LogP contribution in [0.5, 0.6) is 11.5 Å². The van der Waals surface area contributed by atoms with Crippen molar-refractivity contribution in [2.24, 2.45) is 0 Å². The van der Waals surface area contributed by atoms with Crippen molar-refractivity contribution >= 4 is 11.6 Å². The molecular weight excluding hydrogens is 478 g/mol. The molecule has 0 amide bonds. The van der Waals surface area contributed by atoms with E-state index in [0.717, 1.165) is 0 Å². The molecule has 1 aromatic carbocycles. The average Bonchev–Trinajstić information content (AvgIpc) is 3.26. The third kappa shape index (κ3) is 3.68. The zero-order valence-electron chi connectivity index (χ0n) is 21.4. The molecule has 5 atom stereocenters. The zero-order valence-corrected chi connectivity index (χ0v) is 21.4. The van der Waals surface area contributed by atoms with E-state index in [2.05, 4.69) is 4.90 Å². The number of ketones is 2. The summed E-state index contributed by atoms with van der Waals surface area (Å²) in [5, 5.41) is 32.1. The first-order chi connectivity index (χ1) is 17.5. The fraction of sp³-hybridized carbons (Fsp3) is 0.429. The van der Waals surface area contributed by atoms with Gasteiger partial charge in [-0.3, -0.25) is 9.59 Å². The van der Waals surface area contributed by atoms with Crippen molar-refractivity contribution < 1.29 is 39.1 Å². The molecule has 3 N–H and O–H groups in total. The molecule has 0 radical (unpaired) electrons. The van der Waals surface area contributed by atoms with Crippen molar-refractivity contribution in [1.29, 1.82) is 0 Å². The van der Waals surface area contributed by atoms with Gasteiger partial charge in [-0.1, -0.05) is 13.0 Å². The number of likely N-dealkylation sites (N-methyl/N-ethyl adjacent to an activating group) is 1. The largest absolute Gasteiger partial charge is 0.508 e. The molecule has 0 aromatic heterocycles. The Morgan fingerprint density at radius 2 is 1.73 bits per heavy atom. The number of carbonyl (C=O) groups is 2. The number of nitrogens with zero attached hydrogens (tertiary/aromatic N) is 1. The monoisotopic (exact) mass is 509 g/mol. The van der Waals surface area contributed by atoms with Crippen LogP contribution in [0.2, 0.25) is 0 Å². The van der Waals surface area contributed by atoms with Crippen molar-refractivity contribution in [2.45, 2.75) is 56.8 Å². The van der Waals surface area contributed by atoms with Gasteiger partial charge < -0.3 is 34.4 Å². The minimum Gasteiger partial charge on any atom is -0.508 e. The number of benzene rings is 1. The smallest absolute Gasteiger partial charge is 0.199 e. The molecule has 1 saturated heterocycles. The SMILES string of the molecule is CCC1(OC2CC(N(C)C)C(OC)C(C)O2)C=CC2=C3C(=O)c4c(O)ccc(O)c4C(=O)C3=CC2=C1O. The van der Waals surface area contributed by atoms with E-state index in [1.807, 2.05) is 27.9 Å². The third-order valence-corrected chi connectivity index (χ3v) is 7.82. The van der Waals surface area contributed by atoms with Crippen LogP contribution >= 0.6 is 0 Å². The van der Waals surface area contributed by atoms with Crippen LogP contribution in [-0.2, 0) is 14.2 Å². The summed E-state index contributed by atoms with van der Waals surface area (Å²) in [6, 6.07) is 2.38. The lowest BCUT2D eigenvalue weighted by molar-refractivity contribution is -0.265. The molecule has 9 heteroatoms. The number of aliphatic hydroxyl groups is 1. The van der Waals surface area contributed by atoms with Crippen LogP contribution in [-0.4, -0.2) is 83.1 Å². The summed E-state index contributed by atoms with van der Waals surface area (Å²) in [5.41, 5.74) is -0.915. The number of phenolic OH excluding ortho intramolecular Hbond substituents is 2. The molecule has 37 heavy (non-hydrogen) atoms. The molecule has 1 aromatic rings. The number of hydrogen-bond acceptors (Lipinski definition) is 9. The van der Waals surface area contributed by atoms with Gasteiger partial charge in [0.15, 0.2) is 17.9 Å². The summed E-state index contributed by atoms with van der Waals surface area (Å²) in [6.07, 6.45) is 4.63. The molecule has 1 fully saturated rings. The van der Waals surface area contributed by atoms with Gasteiger partial charge in [0.2, 0.25) is 0 Å². The van der Waals surface area contributed by atoms with E-state index in [0.29, 0.717) is 24.0 Å². The molecule has 0 saturated carbocycles. The minimum absolute atomic E-state index is 0.0262. The highest BCUT2D eigenvalue weighted by Gasteiger charge is 2.48. The van der Waals surface area contributed by atoms with E-state index in [1.165, 1.54) is 18.2 Å². The molecule has 9 nitrogen and oxygen atoms in total. The molecule has 196 valence electrons. The average molecular weight is 510 g/mol. The highest BCUT2D eigenvalue weighted by atomic mass is 16.7. The first kappa shape index (κ1) is 25.4. The van der Waals surface area contributed by atoms with Gasteiger partial charge in [0.05, 0.1) is 23.3 Å². The Morgan fingerprint density at radius 1 is 1.08 bits per heavy atom. The topological polar surface area (TPSA) is 126 Å². The molecule has 4 aliphatic rings. The van der Waals surface area contributed by atoms with E-state index in [-0.39, 0.29) is 57.8 Å². The lowest BCUT2D eigenvalue weighted by Gasteiger charge is -2.45. The van der Waals surface area contributed by atoms with Crippen LogP contribution in [0.15, 0.2) is 58.4 Å². The molecule has 1 aliphatic heterocycles. The van der Waals surface area contributed by atoms with Crippen molar-refractivity contribution in [2.75, 3.05) is 21.2 Å². The van der Waals surface area contributed by atoms with Crippen LogP contribution in [0, 0.1) is 0 Å². The standard InChI is InChI=1S/C28H31NO8/c1-6-28(37-20-12-17(29(3)4)26(35-5)13(2)36-20)10-9-14-15(27(28)34)11-16-21(14)25(33)23-19(31)8-7-18(30)22(23)24(16)32/h7-11,13,17,20,26,30-31,34H,6,12H2,1-5H3. The van der Waals surface area contributed by atoms with E-state index in [4.69, 9.17) is 14.2 Å². The normalized spacial score (nSPS) is 31.0. The van der Waals surface area contributed by atoms with Crippen LogP contribution in [0.4, 0.5) is 0 Å². The van der Waals surface area contributed by atoms with E-state index in [1.54, 1.807) is 19.3 Å². The van der Waals surface area contributed by atoms with Crippen LogP contribution < -0.4 is 0 Å². The predicted octanol–water partition coefficient (Wildman–Crippen LogP) is 3.34. The predicted molar refractivity (Wildman–Crippen MR) is 134 cm³/mol. The number of aliphatic hydroxyl groups excluding tert-OH is 1. The first-order valence-electron chi connectivity index (χ1n) is 12.3. The van der Waals surface area contributed by atoms with Crippen molar-refractivity contribution in [3.63, 3.8) is 0 Å². The fourth-order valence-corrected chi connectivity index (χ4v) is 5.84. The lowest BCUT2D eigenvalue weighted by Crippen LogP contribution is -2.55. The Morgan fingerprint density at radius 3 is 2.32 bits per heavy atom. The van der Waals surface area contributed by atoms with Gasteiger partial charge in [0, 0.05) is 36.3 Å². The van der Waals surface area contributed by atoms with Crippen LogP contribution in [0.1, 0.15) is 47.4 Å². The van der Waals surface area contributed by atoms with Crippen molar-refractivity contribution in [1.82, 2.24) is 4.90 Å². The Kier molecular flexibility index (Phi) is 6.15. The second-order valence-electron chi connectivity index (χ2n) is 10.1. The summed E-state index contributed by atoms with van der Waals surface area (Å²) in [7, 11) is 5.58. The van der Waals surface area contributed by atoms with Gasteiger partial charge in [0.1, 0.15) is 22.9 Å². The number of Topliss-reactive ketones (excluding diaryl/α,β-unsaturated/α-hetero) is 2. The van der Waals surface area contributed by atoms with Gasteiger partial charge in [-0.2, -0.15) is 0 Å². The number of phenols is 2. The van der Waals surface area contributed by atoms with E-state index in [9.17, 15) is 24.9 Å². The van der Waals surface area contributed by atoms with Gasteiger partial charge in [-0.15, -0.1) is 0 Å². The lowest BCUT2D eigenvalue weighted by atomic mass is 9.80. The number of aromatic hydroxyl groups is 2. The fourth-order valence-electron chi connectivity index (χ4n) is 5.84. The number of methoxy groups -OCH3 is 1.